The molecule has 0 spiro atoms. The number of benzene rings is 2. The smallest absolute Gasteiger partial charge is 0.150 e. The Morgan fingerprint density at radius 2 is 1.77 bits per heavy atom. The lowest BCUT2D eigenvalue weighted by atomic mass is 10.0. The van der Waals surface area contributed by atoms with Gasteiger partial charge in [0.1, 0.15) is 6.29 Å². The Labute approximate surface area is 158 Å². The van der Waals surface area contributed by atoms with E-state index >= 15 is 0 Å². The molecule has 0 aliphatic carbocycles. The highest BCUT2D eigenvalue weighted by molar-refractivity contribution is 7.10. The van der Waals surface area contributed by atoms with Gasteiger partial charge in [0.05, 0.1) is 10.7 Å². The van der Waals surface area contributed by atoms with Crippen LogP contribution in [0.15, 0.2) is 41.8 Å². The van der Waals surface area contributed by atoms with Crippen LogP contribution in [0.4, 0.5) is 5.69 Å². The van der Waals surface area contributed by atoms with E-state index in [0.29, 0.717) is 5.56 Å². The Kier molecular flexibility index (Phi) is 7.06. The number of aryl methyl sites for hydroxylation is 2. The summed E-state index contributed by atoms with van der Waals surface area (Å²) in [6.07, 6.45) is 1.66. The van der Waals surface area contributed by atoms with Crippen molar-refractivity contribution in [2.45, 2.75) is 20.3 Å². The zero-order valence-electron chi connectivity index (χ0n) is 15.6. The van der Waals surface area contributed by atoms with Crippen LogP contribution in [-0.2, 0) is 11.2 Å². The minimum absolute atomic E-state index is 0.678. The molecule has 0 saturated heterocycles. The van der Waals surface area contributed by atoms with Crippen LogP contribution in [0.5, 0.6) is 0 Å². The molecule has 0 fully saturated rings. The highest BCUT2D eigenvalue weighted by atomic mass is 32.1. The predicted molar refractivity (Wildman–Crippen MR) is 109 cm³/mol. The number of aldehydes is 1. The number of hydrogen-bond acceptors (Lipinski definition) is 5. The Morgan fingerprint density at radius 1 is 1.12 bits per heavy atom. The fraction of sp³-hybridized carbons (Fsp3) is 0.238. The average Bonchev–Trinajstić information content (AvgIpc) is 3.09. The predicted octanol–water partition coefficient (Wildman–Crippen LogP) is 4.68. The van der Waals surface area contributed by atoms with E-state index in [-0.39, 0.29) is 0 Å². The third kappa shape index (κ3) is 5.00. The number of nitrogen functional groups attached to an aromatic ring is 1. The van der Waals surface area contributed by atoms with Crippen LogP contribution < -0.4 is 5.73 Å². The molecule has 0 bridgehead atoms. The van der Waals surface area contributed by atoms with Gasteiger partial charge in [-0.05, 0) is 36.6 Å². The van der Waals surface area contributed by atoms with Gasteiger partial charge in [-0.15, -0.1) is 11.3 Å². The molecule has 1 heterocycles. The van der Waals surface area contributed by atoms with Crippen LogP contribution in [0.25, 0.3) is 11.3 Å². The summed E-state index contributed by atoms with van der Waals surface area (Å²) in [5.41, 5.74) is 13.0. The fourth-order valence-electron chi connectivity index (χ4n) is 2.51. The molecular formula is C21H24N2O2S. The number of methoxy groups -OCH3 is 1. The van der Waals surface area contributed by atoms with Crippen molar-refractivity contribution in [3.63, 3.8) is 0 Å². The van der Waals surface area contributed by atoms with Crippen molar-refractivity contribution < 1.29 is 9.53 Å². The molecule has 0 unspecified atom stereocenters. The van der Waals surface area contributed by atoms with Gasteiger partial charge in [-0.2, -0.15) is 0 Å². The summed E-state index contributed by atoms with van der Waals surface area (Å²) in [6, 6.07) is 11.7. The summed E-state index contributed by atoms with van der Waals surface area (Å²) in [4.78, 5) is 15.4. The zero-order valence-corrected chi connectivity index (χ0v) is 16.4. The first-order chi connectivity index (χ1) is 12.5. The van der Waals surface area contributed by atoms with Crippen molar-refractivity contribution in [2.75, 3.05) is 20.0 Å². The first-order valence-electron chi connectivity index (χ1n) is 8.24. The van der Waals surface area contributed by atoms with E-state index in [1.165, 1.54) is 11.1 Å². The molecule has 3 aromatic rings. The second-order valence-electron chi connectivity index (χ2n) is 6.09. The van der Waals surface area contributed by atoms with Gasteiger partial charge in [-0.25, -0.2) is 4.98 Å². The molecule has 0 atom stereocenters. The van der Waals surface area contributed by atoms with E-state index < -0.39 is 0 Å². The molecule has 136 valence electrons. The van der Waals surface area contributed by atoms with E-state index in [4.69, 9.17) is 10.7 Å². The largest absolute Gasteiger partial charge is 0.399 e. The number of nitrogens with two attached hydrogens (primary N) is 1. The topological polar surface area (TPSA) is 65.2 Å². The maximum Gasteiger partial charge on any atom is 0.150 e. The maximum atomic E-state index is 10.7. The third-order valence-corrected chi connectivity index (χ3v) is 4.81. The highest BCUT2D eigenvalue weighted by Crippen LogP contribution is 2.26. The Hall–Kier alpha value is -2.50. The molecule has 0 saturated carbocycles. The van der Waals surface area contributed by atoms with Gasteiger partial charge in [0.15, 0.2) is 0 Å². The number of rotatable bonds is 4. The van der Waals surface area contributed by atoms with E-state index in [2.05, 4.69) is 23.1 Å². The van der Waals surface area contributed by atoms with Crippen LogP contribution in [0.3, 0.4) is 0 Å². The van der Waals surface area contributed by atoms with Gasteiger partial charge in [-0.3, -0.25) is 4.79 Å². The minimum Gasteiger partial charge on any atom is -0.399 e. The summed E-state index contributed by atoms with van der Waals surface area (Å²) < 4.78 is 4.25. The SMILES string of the molecule is COC.Cc1cc(Cc2nc(-c3ccc(C=O)cc3)cs2)c(C)cc1N. The average molecular weight is 369 g/mol. The lowest BCUT2D eigenvalue weighted by Gasteiger charge is -2.08. The normalized spacial score (nSPS) is 10.2. The van der Waals surface area contributed by atoms with E-state index in [1.807, 2.05) is 37.3 Å². The second-order valence-corrected chi connectivity index (χ2v) is 7.03. The van der Waals surface area contributed by atoms with Gasteiger partial charge >= 0.3 is 0 Å². The monoisotopic (exact) mass is 368 g/mol. The Balaban J connectivity index is 0.000000758. The van der Waals surface area contributed by atoms with E-state index in [0.717, 1.165) is 40.2 Å². The number of ether oxygens (including phenoxy) is 1. The van der Waals surface area contributed by atoms with Crippen molar-refractivity contribution in [1.29, 1.82) is 0 Å². The zero-order chi connectivity index (χ0) is 19.1. The fourth-order valence-corrected chi connectivity index (χ4v) is 3.34. The maximum absolute atomic E-state index is 10.7. The molecular weight excluding hydrogens is 344 g/mol. The summed E-state index contributed by atoms with van der Waals surface area (Å²) in [5, 5.41) is 3.14. The third-order valence-electron chi connectivity index (χ3n) is 3.96. The van der Waals surface area contributed by atoms with Crippen molar-refractivity contribution >= 4 is 23.3 Å². The summed E-state index contributed by atoms with van der Waals surface area (Å²) >= 11 is 1.66. The van der Waals surface area contributed by atoms with Crippen LogP contribution in [0, 0.1) is 13.8 Å². The summed E-state index contributed by atoms with van der Waals surface area (Å²) in [5.74, 6) is 0. The molecule has 4 nitrogen and oxygen atoms in total. The number of carbonyl (C=O) groups is 1. The molecule has 5 heteroatoms. The van der Waals surface area contributed by atoms with Crippen LogP contribution in [-0.4, -0.2) is 25.5 Å². The van der Waals surface area contributed by atoms with Crippen molar-refractivity contribution in [3.8, 4) is 11.3 Å². The van der Waals surface area contributed by atoms with Gasteiger partial charge in [-0.1, -0.05) is 30.3 Å². The summed E-state index contributed by atoms with van der Waals surface area (Å²) in [6.45, 7) is 4.11. The van der Waals surface area contributed by atoms with Gasteiger partial charge < -0.3 is 10.5 Å². The van der Waals surface area contributed by atoms with Gasteiger partial charge in [0.2, 0.25) is 0 Å². The summed E-state index contributed by atoms with van der Waals surface area (Å²) in [7, 11) is 3.25. The van der Waals surface area contributed by atoms with E-state index in [9.17, 15) is 4.79 Å². The number of carbonyl (C=O) groups excluding carboxylic acids is 1. The number of aromatic nitrogens is 1. The molecule has 0 radical (unpaired) electrons. The first kappa shape index (κ1) is 19.8. The first-order valence-corrected chi connectivity index (χ1v) is 9.12. The van der Waals surface area contributed by atoms with Crippen LogP contribution in [0.1, 0.15) is 32.1 Å². The molecule has 3 rings (SSSR count). The molecule has 2 N–H and O–H groups in total. The number of hydrogen-bond donors (Lipinski definition) is 1. The highest BCUT2D eigenvalue weighted by Gasteiger charge is 2.08. The Bertz CT molecular complexity index is 870. The van der Waals surface area contributed by atoms with Gasteiger partial charge in [0, 0.05) is 42.8 Å². The molecule has 0 aliphatic heterocycles. The van der Waals surface area contributed by atoms with Crippen LogP contribution >= 0.6 is 11.3 Å². The second kappa shape index (κ2) is 9.27. The number of nitrogens with zero attached hydrogens (tertiary/aromatic N) is 1. The minimum atomic E-state index is 0.678. The van der Waals surface area contributed by atoms with Crippen molar-refractivity contribution in [1.82, 2.24) is 4.98 Å². The molecule has 1 aromatic heterocycles. The standard InChI is InChI=1S/C19H18N2OS.C2H6O/c1-12-8-17(20)13(2)7-16(12)9-19-21-18(11-23-19)15-5-3-14(10-22)4-6-15;1-3-2/h3-8,10-11H,9,20H2,1-2H3;1-2H3. The lowest BCUT2D eigenvalue weighted by Crippen LogP contribution is -1.97. The molecule has 0 aliphatic rings. The quantitative estimate of drug-likeness (QED) is 0.537. The van der Waals surface area contributed by atoms with Crippen LogP contribution in [0.2, 0.25) is 0 Å². The number of anilines is 1. The van der Waals surface area contributed by atoms with Crippen molar-refractivity contribution in [3.05, 3.63) is 69.0 Å². The van der Waals surface area contributed by atoms with Crippen molar-refractivity contribution in [2.24, 2.45) is 0 Å². The Morgan fingerprint density at radius 3 is 2.38 bits per heavy atom. The van der Waals surface area contributed by atoms with E-state index in [1.54, 1.807) is 25.6 Å². The lowest BCUT2D eigenvalue weighted by molar-refractivity contribution is 0.112. The molecule has 2 aromatic carbocycles. The molecule has 0 amide bonds. The van der Waals surface area contributed by atoms with Gasteiger partial charge in [0.25, 0.3) is 0 Å². The number of thiazole rings is 1. The molecule has 26 heavy (non-hydrogen) atoms.